The fourth-order valence-corrected chi connectivity index (χ4v) is 3.22. The number of pyridine rings is 1. The molecule has 0 spiro atoms. The van der Waals surface area contributed by atoms with Crippen LogP contribution in [0.15, 0.2) is 71.7 Å². The number of hydrogen-bond donors (Lipinski definition) is 0. The van der Waals surface area contributed by atoms with Crippen molar-refractivity contribution in [3.63, 3.8) is 0 Å². The summed E-state index contributed by atoms with van der Waals surface area (Å²) in [5, 5.41) is 11.4. The molecule has 2 aromatic carbocycles. The molecular weight excluding hydrogens is 372 g/mol. The first-order valence-electron chi connectivity index (χ1n) is 9.00. The van der Waals surface area contributed by atoms with Crippen molar-refractivity contribution in [2.75, 3.05) is 7.11 Å². The third kappa shape index (κ3) is 4.40. The zero-order valence-electron chi connectivity index (χ0n) is 16.1. The van der Waals surface area contributed by atoms with Gasteiger partial charge in [-0.1, -0.05) is 42.0 Å². The van der Waals surface area contributed by atoms with E-state index in [2.05, 4.69) is 0 Å². The van der Waals surface area contributed by atoms with Crippen molar-refractivity contribution >= 4 is 11.7 Å². The number of benzene rings is 2. The number of methoxy groups -OCH3 is 1. The van der Waals surface area contributed by atoms with Gasteiger partial charge in [0, 0.05) is 24.8 Å². The summed E-state index contributed by atoms with van der Waals surface area (Å²) in [6.45, 7) is 1.82. The Labute approximate surface area is 167 Å². The van der Waals surface area contributed by atoms with Gasteiger partial charge in [-0.15, -0.1) is 0 Å². The second-order valence-corrected chi connectivity index (χ2v) is 6.67. The van der Waals surface area contributed by atoms with E-state index in [0.29, 0.717) is 11.1 Å². The van der Waals surface area contributed by atoms with Crippen LogP contribution in [0.5, 0.6) is 0 Å². The van der Waals surface area contributed by atoms with Crippen LogP contribution < -0.4 is 5.56 Å². The number of ether oxygens (including phenoxy) is 1. The van der Waals surface area contributed by atoms with Crippen LogP contribution in [-0.4, -0.2) is 22.6 Å². The number of hydrogen-bond acceptors (Lipinski definition) is 5. The standard InChI is InChI=1S/C22H20N2O5/c1-15-8-9-19(24(27)28)18(12-15)17-10-11-23(21(25)14-17)20(22(26)29-2)13-16-6-4-3-5-7-16/h3-12,14,20H,13H2,1-2H3. The number of aryl methyl sites for hydroxylation is 1. The Morgan fingerprint density at radius 3 is 2.48 bits per heavy atom. The van der Waals surface area contributed by atoms with E-state index in [1.165, 1.54) is 30.0 Å². The van der Waals surface area contributed by atoms with E-state index in [9.17, 15) is 19.7 Å². The second kappa shape index (κ2) is 8.52. The van der Waals surface area contributed by atoms with Crippen LogP contribution in [0.2, 0.25) is 0 Å². The molecule has 0 fully saturated rings. The Hall–Kier alpha value is -3.74. The lowest BCUT2D eigenvalue weighted by molar-refractivity contribution is -0.384. The highest BCUT2D eigenvalue weighted by atomic mass is 16.6. The van der Waals surface area contributed by atoms with Gasteiger partial charge in [-0.3, -0.25) is 14.9 Å². The summed E-state index contributed by atoms with van der Waals surface area (Å²) in [6, 6.07) is 16.1. The second-order valence-electron chi connectivity index (χ2n) is 6.67. The van der Waals surface area contributed by atoms with Gasteiger partial charge in [0.1, 0.15) is 6.04 Å². The molecule has 3 aromatic rings. The highest BCUT2D eigenvalue weighted by molar-refractivity contribution is 5.76. The predicted octanol–water partition coefficient (Wildman–Crippen LogP) is 3.69. The minimum Gasteiger partial charge on any atom is -0.467 e. The minimum absolute atomic E-state index is 0.0819. The summed E-state index contributed by atoms with van der Waals surface area (Å²) < 4.78 is 6.18. The summed E-state index contributed by atoms with van der Waals surface area (Å²) in [5.41, 5.74) is 1.98. The Balaban J connectivity index is 2.04. The van der Waals surface area contributed by atoms with Gasteiger partial charge in [-0.2, -0.15) is 0 Å². The third-order valence-electron chi connectivity index (χ3n) is 4.69. The predicted molar refractivity (Wildman–Crippen MR) is 109 cm³/mol. The molecule has 0 aliphatic rings. The van der Waals surface area contributed by atoms with Crippen LogP contribution in [0.25, 0.3) is 11.1 Å². The molecule has 1 heterocycles. The zero-order valence-corrected chi connectivity index (χ0v) is 16.1. The van der Waals surface area contributed by atoms with Gasteiger partial charge >= 0.3 is 5.97 Å². The largest absolute Gasteiger partial charge is 0.467 e. The van der Waals surface area contributed by atoms with Gasteiger partial charge < -0.3 is 9.30 Å². The molecule has 0 saturated carbocycles. The average molecular weight is 392 g/mol. The number of carbonyl (C=O) groups excluding carboxylic acids is 1. The monoisotopic (exact) mass is 392 g/mol. The number of esters is 1. The van der Waals surface area contributed by atoms with E-state index in [4.69, 9.17) is 4.74 Å². The van der Waals surface area contributed by atoms with E-state index in [1.54, 1.807) is 18.2 Å². The maximum absolute atomic E-state index is 12.8. The van der Waals surface area contributed by atoms with Crippen LogP contribution in [0.1, 0.15) is 17.2 Å². The van der Waals surface area contributed by atoms with Gasteiger partial charge in [0.2, 0.25) is 0 Å². The van der Waals surface area contributed by atoms with Gasteiger partial charge in [0.05, 0.1) is 17.6 Å². The van der Waals surface area contributed by atoms with Gasteiger partial charge in [-0.05, 0) is 30.2 Å². The van der Waals surface area contributed by atoms with Crippen molar-refractivity contribution in [3.8, 4) is 11.1 Å². The lowest BCUT2D eigenvalue weighted by atomic mass is 10.0. The van der Waals surface area contributed by atoms with Crippen molar-refractivity contribution in [1.29, 1.82) is 0 Å². The lowest BCUT2D eigenvalue weighted by Crippen LogP contribution is -2.31. The fraction of sp³-hybridized carbons (Fsp3) is 0.182. The fourth-order valence-electron chi connectivity index (χ4n) is 3.22. The normalized spacial score (nSPS) is 11.7. The van der Waals surface area contributed by atoms with E-state index >= 15 is 0 Å². The smallest absolute Gasteiger partial charge is 0.329 e. The minimum atomic E-state index is -0.837. The van der Waals surface area contributed by atoms with Gasteiger partial charge in [0.25, 0.3) is 11.2 Å². The molecule has 1 aromatic heterocycles. The highest BCUT2D eigenvalue weighted by Crippen LogP contribution is 2.30. The maximum atomic E-state index is 12.8. The summed E-state index contributed by atoms with van der Waals surface area (Å²) in [6.07, 6.45) is 1.77. The first-order chi connectivity index (χ1) is 13.9. The Morgan fingerprint density at radius 2 is 1.86 bits per heavy atom. The molecule has 0 N–H and O–H groups in total. The molecule has 0 radical (unpaired) electrons. The number of rotatable bonds is 6. The highest BCUT2D eigenvalue weighted by Gasteiger charge is 2.24. The molecule has 0 aliphatic carbocycles. The first-order valence-corrected chi connectivity index (χ1v) is 9.00. The number of aromatic nitrogens is 1. The Morgan fingerprint density at radius 1 is 1.14 bits per heavy atom. The van der Waals surface area contributed by atoms with Crippen molar-refractivity contribution < 1.29 is 14.5 Å². The number of nitro benzene ring substituents is 1. The Kier molecular flexibility index (Phi) is 5.87. The quantitative estimate of drug-likeness (QED) is 0.362. The molecule has 7 heteroatoms. The van der Waals surface area contributed by atoms with E-state index in [-0.39, 0.29) is 12.1 Å². The number of nitrogens with zero attached hydrogens (tertiary/aromatic N) is 2. The molecule has 7 nitrogen and oxygen atoms in total. The summed E-state index contributed by atoms with van der Waals surface area (Å²) in [4.78, 5) is 36.0. The molecule has 0 amide bonds. The van der Waals surface area contributed by atoms with Crippen molar-refractivity contribution in [2.24, 2.45) is 0 Å². The molecule has 0 saturated heterocycles. The molecule has 29 heavy (non-hydrogen) atoms. The maximum Gasteiger partial charge on any atom is 0.329 e. The van der Waals surface area contributed by atoms with Crippen LogP contribution in [0.4, 0.5) is 5.69 Å². The van der Waals surface area contributed by atoms with E-state index in [1.807, 2.05) is 37.3 Å². The van der Waals surface area contributed by atoms with Crippen molar-refractivity contribution in [1.82, 2.24) is 4.57 Å². The third-order valence-corrected chi connectivity index (χ3v) is 4.69. The molecule has 1 unspecified atom stereocenters. The Bertz CT molecular complexity index is 1110. The molecular formula is C22H20N2O5. The SMILES string of the molecule is COC(=O)C(Cc1ccccc1)n1ccc(-c2cc(C)ccc2[N+](=O)[O-])cc1=O. The molecule has 148 valence electrons. The van der Waals surface area contributed by atoms with Crippen LogP contribution in [0.3, 0.4) is 0 Å². The van der Waals surface area contributed by atoms with E-state index in [0.717, 1.165) is 11.1 Å². The topological polar surface area (TPSA) is 91.4 Å². The average Bonchev–Trinajstić information content (AvgIpc) is 2.72. The van der Waals surface area contributed by atoms with Crippen molar-refractivity contribution in [2.45, 2.75) is 19.4 Å². The molecule has 3 rings (SSSR count). The first kappa shape index (κ1) is 20.0. The lowest BCUT2D eigenvalue weighted by Gasteiger charge is -2.18. The van der Waals surface area contributed by atoms with Gasteiger partial charge in [-0.25, -0.2) is 4.79 Å². The van der Waals surface area contributed by atoms with E-state index < -0.39 is 22.5 Å². The number of nitro groups is 1. The summed E-state index contributed by atoms with van der Waals surface area (Å²) in [5.74, 6) is -0.537. The van der Waals surface area contributed by atoms with Crippen LogP contribution in [0, 0.1) is 17.0 Å². The molecule has 0 aliphatic heterocycles. The van der Waals surface area contributed by atoms with Crippen molar-refractivity contribution in [3.05, 3.63) is 98.5 Å². The zero-order chi connectivity index (χ0) is 21.0. The molecule has 1 atom stereocenters. The van der Waals surface area contributed by atoms with Crippen LogP contribution in [-0.2, 0) is 16.0 Å². The van der Waals surface area contributed by atoms with Crippen LogP contribution >= 0.6 is 0 Å². The molecule has 0 bridgehead atoms. The van der Waals surface area contributed by atoms with Gasteiger partial charge in [0.15, 0.2) is 0 Å². The summed E-state index contributed by atoms with van der Waals surface area (Å²) in [7, 11) is 1.27. The number of carbonyl (C=O) groups is 1. The summed E-state index contributed by atoms with van der Waals surface area (Å²) >= 11 is 0.